The molecule has 0 unspecified atom stereocenters. The molecule has 0 spiro atoms. The summed E-state index contributed by atoms with van der Waals surface area (Å²) in [6, 6.07) is 6.90. The van der Waals surface area contributed by atoms with Crippen molar-refractivity contribution in [1.29, 1.82) is 0 Å². The number of hydrogen-bond acceptors (Lipinski definition) is 4. The Kier molecular flexibility index (Phi) is 5.03. The van der Waals surface area contributed by atoms with Gasteiger partial charge in [0.1, 0.15) is 22.6 Å². The van der Waals surface area contributed by atoms with Crippen molar-refractivity contribution in [1.82, 2.24) is 19.7 Å². The highest BCUT2D eigenvalue weighted by molar-refractivity contribution is 9.10. The van der Waals surface area contributed by atoms with Crippen LogP contribution in [-0.2, 0) is 13.5 Å². The number of nitrogens with zero attached hydrogens (tertiary/aromatic N) is 5. The summed E-state index contributed by atoms with van der Waals surface area (Å²) in [6.45, 7) is 4.36. The molecule has 0 bridgehead atoms. The minimum atomic E-state index is -0.213. The van der Waals surface area contributed by atoms with Crippen molar-refractivity contribution in [3.05, 3.63) is 46.6 Å². The molecule has 0 aliphatic heterocycles. The zero-order chi connectivity index (χ0) is 18.1. The third-order valence-electron chi connectivity index (χ3n) is 4.52. The molecule has 0 fully saturated rings. The summed E-state index contributed by atoms with van der Waals surface area (Å²) in [5.74, 6) is 1.01. The lowest BCUT2D eigenvalue weighted by Gasteiger charge is -2.32. The number of benzene rings is 1. The fraction of sp³-hybridized carbons (Fsp3) is 0.389. The first kappa shape index (κ1) is 17.8. The van der Waals surface area contributed by atoms with Crippen molar-refractivity contribution in [3.8, 4) is 0 Å². The molecule has 3 aromatic rings. The molecule has 25 heavy (non-hydrogen) atoms. The molecule has 2 heterocycles. The molecule has 0 aliphatic rings. The lowest BCUT2D eigenvalue weighted by Crippen LogP contribution is -2.38. The lowest BCUT2D eigenvalue weighted by molar-refractivity contribution is 0.467. The summed E-state index contributed by atoms with van der Waals surface area (Å²) in [5.41, 5.74) is 1.88. The predicted molar refractivity (Wildman–Crippen MR) is 101 cm³/mol. The number of hydrogen-bond donors (Lipinski definition) is 0. The third kappa shape index (κ3) is 3.51. The number of likely N-dealkylation sites (N-methyl/N-ethyl adjacent to an activating group) is 1. The van der Waals surface area contributed by atoms with Gasteiger partial charge >= 0.3 is 0 Å². The van der Waals surface area contributed by atoms with Gasteiger partial charge in [-0.2, -0.15) is 5.10 Å². The highest BCUT2D eigenvalue weighted by atomic mass is 79.9. The van der Waals surface area contributed by atoms with Crippen LogP contribution in [0.5, 0.6) is 0 Å². The highest BCUT2D eigenvalue weighted by Crippen LogP contribution is 2.31. The van der Waals surface area contributed by atoms with Crippen LogP contribution in [0, 0.1) is 11.7 Å². The van der Waals surface area contributed by atoms with E-state index >= 15 is 0 Å². The molecule has 0 saturated carbocycles. The smallest absolute Gasteiger partial charge is 0.164 e. The minimum Gasteiger partial charge on any atom is -0.355 e. The maximum absolute atomic E-state index is 13.2. The monoisotopic (exact) mass is 405 g/mol. The lowest BCUT2D eigenvalue weighted by atomic mass is 9.95. The van der Waals surface area contributed by atoms with Gasteiger partial charge in [0, 0.05) is 20.1 Å². The fourth-order valence-corrected chi connectivity index (χ4v) is 3.73. The Labute approximate surface area is 155 Å². The number of aromatic nitrogens is 4. The van der Waals surface area contributed by atoms with E-state index in [1.54, 1.807) is 11.0 Å². The maximum Gasteiger partial charge on any atom is 0.164 e. The Morgan fingerprint density at radius 2 is 1.88 bits per heavy atom. The van der Waals surface area contributed by atoms with Gasteiger partial charge in [-0.25, -0.2) is 19.0 Å². The van der Waals surface area contributed by atoms with Gasteiger partial charge in [0.05, 0.1) is 5.39 Å². The number of aryl methyl sites for hydroxylation is 1. The quantitative estimate of drug-likeness (QED) is 0.644. The Morgan fingerprint density at radius 3 is 2.52 bits per heavy atom. The molecule has 7 heteroatoms. The highest BCUT2D eigenvalue weighted by Gasteiger charge is 2.24. The summed E-state index contributed by atoms with van der Waals surface area (Å²) in [7, 11) is 3.90. The van der Waals surface area contributed by atoms with Crippen molar-refractivity contribution in [2.45, 2.75) is 26.3 Å². The van der Waals surface area contributed by atoms with E-state index < -0.39 is 0 Å². The van der Waals surface area contributed by atoms with Crippen molar-refractivity contribution in [2.75, 3.05) is 11.9 Å². The molecule has 3 rings (SSSR count). The van der Waals surface area contributed by atoms with E-state index in [4.69, 9.17) is 0 Å². The molecule has 0 radical (unpaired) electrons. The van der Waals surface area contributed by atoms with E-state index in [2.05, 4.69) is 49.7 Å². The molecular weight excluding hydrogens is 385 g/mol. The van der Waals surface area contributed by atoms with E-state index in [-0.39, 0.29) is 11.9 Å². The summed E-state index contributed by atoms with van der Waals surface area (Å²) in [5, 5.41) is 5.29. The molecule has 0 N–H and O–H groups in total. The van der Waals surface area contributed by atoms with Gasteiger partial charge in [0.15, 0.2) is 5.65 Å². The molecule has 1 atom stereocenters. The predicted octanol–water partition coefficient (Wildman–Crippen LogP) is 3.97. The summed E-state index contributed by atoms with van der Waals surface area (Å²) in [6.07, 6.45) is 2.37. The van der Waals surface area contributed by atoms with Crippen molar-refractivity contribution < 1.29 is 4.39 Å². The minimum absolute atomic E-state index is 0.204. The normalized spacial score (nSPS) is 12.8. The van der Waals surface area contributed by atoms with Crippen LogP contribution in [0.15, 0.2) is 35.2 Å². The molecule has 0 saturated heterocycles. The molecular formula is C18H21BrFN5. The number of rotatable bonds is 5. The number of anilines is 1. The molecule has 5 nitrogen and oxygen atoms in total. The van der Waals surface area contributed by atoms with Crippen molar-refractivity contribution in [2.24, 2.45) is 13.0 Å². The van der Waals surface area contributed by atoms with E-state index in [0.717, 1.165) is 33.4 Å². The second-order valence-corrected chi connectivity index (χ2v) is 7.31. The average Bonchev–Trinajstić information content (AvgIpc) is 2.88. The average molecular weight is 406 g/mol. The van der Waals surface area contributed by atoms with E-state index in [0.29, 0.717) is 5.92 Å². The van der Waals surface area contributed by atoms with Gasteiger partial charge in [0.25, 0.3) is 0 Å². The topological polar surface area (TPSA) is 46.8 Å². The van der Waals surface area contributed by atoms with Crippen LogP contribution in [0.2, 0.25) is 0 Å². The van der Waals surface area contributed by atoms with Crippen molar-refractivity contribution >= 4 is 32.8 Å². The zero-order valence-electron chi connectivity index (χ0n) is 14.7. The standard InChI is InChI=1S/C18H21BrFN5/c1-11(2)14(9-12-5-7-13(20)8-6-12)24(3)17-15-16(19)23-25(4)18(15)22-10-21-17/h5-8,10-11,14H,9H2,1-4H3/t14-/m0/s1. The maximum atomic E-state index is 13.2. The first-order chi connectivity index (χ1) is 11.9. The van der Waals surface area contributed by atoms with Crippen LogP contribution < -0.4 is 4.90 Å². The third-order valence-corrected chi connectivity index (χ3v) is 5.07. The van der Waals surface area contributed by atoms with E-state index in [9.17, 15) is 4.39 Å². The summed E-state index contributed by atoms with van der Waals surface area (Å²) >= 11 is 3.52. The summed E-state index contributed by atoms with van der Waals surface area (Å²) < 4.78 is 15.7. The van der Waals surface area contributed by atoms with Crippen LogP contribution in [0.25, 0.3) is 11.0 Å². The largest absolute Gasteiger partial charge is 0.355 e. The SMILES string of the molecule is CC(C)[C@H](Cc1ccc(F)cc1)N(C)c1ncnc2c1c(Br)nn2C. The molecule has 0 amide bonds. The number of fused-ring (bicyclic) bond motifs is 1. The van der Waals surface area contributed by atoms with Gasteiger partial charge < -0.3 is 4.90 Å². The molecule has 1 aromatic carbocycles. The van der Waals surface area contributed by atoms with Gasteiger partial charge in [-0.3, -0.25) is 0 Å². The molecule has 0 aliphatic carbocycles. The summed E-state index contributed by atoms with van der Waals surface area (Å²) in [4.78, 5) is 11.0. The second kappa shape index (κ2) is 7.07. The zero-order valence-corrected chi connectivity index (χ0v) is 16.3. The van der Waals surface area contributed by atoms with Crippen molar-refractivity contribution in [3.63, 3.8) is 0 Å². The first-order valence-electron chi connectivity index (χ1n) is 8.19. The van der Waals surface area contributed by atoms with Gasteiger partial charge in [-0.1, -0.05) is 26.0 Å². The van der Waals surface area contributed by atoms with Crippen LogP contribution in [0.1, 0.15) is 19.4 Å². The Hall–Kier alpha value is -2.02. The number of halogens is 2. The Balaban J connectivity index is 1.98. The van der Waals surface area contributed by atoms with Crippen LogP contribution in [0.4, 0.5) is 10.2 Å². The fourth-order valence-electron chi connectivity index (χ4n) is 3.13. The Bertz CT molecular complexity index is 875. The Morgan fingerprint density at radius 1 is 1.20 bits per heavy atom. The molecule has 2 aromatic heterocycles. The first-order valence-corrected chi connectivity index (χ1v) is 8.98. The van der Waals surface area contributed by atoms with Gasteiger partial charge in [-0.15, -0.1) is 0 Å². The van der Waals surface area contributed by atoms with Gasteiger partial charge in [0.2, 0.25) is 0 Å². The van der Waals surface area contributed by atoms with Crippen LogP contribution in [0.3, 0.4) is 0 Å². The molecule has 132 valence electrons. The van der Waals surface area contributed by atoms with Gasteiger partial charge in [-0.05, 0) is 46.0 Å². The van der Waals surface area contributed by atoms with Crippen LogP contribution >= 0.6 is 15.9 Å². The van der Waals surface area contributed by atoms with E-state index in [1.165, 1.54) is 12.1 Å². The van der Waals surface area contributed by atoms with E-state index in [1.807, 2.05) is 26.2 Å². The second-order valence-electron chi connectivity index (χ2n) is 6.56. The van der Waals surface area contributed by atoms with Crippen LogP contribution in [-0.4, -0.2) is 32.8 Å².